The molecule has 0 saturated carbocycles. The zero-order chi connectivity index (χ0) is 25.7. The molecule has 0 aromatic carbocycles. The van der Waals surface area contributed by atoms with Crippen LogP contribution in [0, 0.1) is 5.92 Å². The van der Waals surface area contributed by atoms with E-state index in [0.717, 1.165) is 25.7 Å². The summed E-state index contributed by atoms with van der Waals surface area (Å²) in [6.07, 6.45) is 38.4. The summed E-state index contributed by atoms with van der Waals surface area (Å²) in [5, 5.41) is 9.56. The Labute approximate surface area is 221 Å². The van der Waals surface area contributed by atoms with Gasteiger partial charge in [0.05, 0.1) is 5.92 Å². The quantitative estimate of drug-likeness (QED) is 0.101. The third-order valence-electron chi connectivity index (χ3n) is 7.91. The van der Waals surface area contributed by atoms with Crippen LogP contribution in [0.15, 0.2) is 0 Å². The summed E-state index contributed by atoms with van der Waals surface area (Å²) in [5.74, 6) is -0.654. The molecule has 0 radical (unpaired) electrons. The second-order valence-electron chi connectivity index (χ2n) is 11.5. The SMILES string of the molecule is CCCCCCCCCCCCCCCCCCC(CCCCCCCCCCCCC)C(=O)O. The van der Waals surface area contributed by atoms with Crippen LogP contribution in [0.4, 0.5) is 0 Å². The van der Waals surface area contributed by atoms with E-state index in [1.807, 2.05) is 0 Å². The zero-order valence-corrected chi connectivity index (χ0v) is 24.4. The predicted octanol–water partition coefficient (Wildman–Crippen LogP) is 12.0. The van der Waals surface area contributed by atoms with Crippen molar-refractivity contribution < 1.29 is 9.90 Å². The lowest BCUT2D eigenvalue weighted by Gasteiger charge is -2.12. The maximum Gasteiger partial charge on any atom is 0.306 e. The van der Waals surface area contributed by atoms with E-state index in [4.69, 9.17) is 0 Å². The van der Waals surface area contributed by atoms with Crippen molar-refractivity contribution >= 4 is 5.97 Å². The molecule has 1 atom stereocenters. The lowest BCUT2D eigenvalue weighted by molar-refractivity contribution is -0.142. The number of hydrogen-bond donors (Lipinski definition) is 1. The van der Waals surface area contributed by atoms with E-state index in [-0.39, 0.29) is 5.92 Å². The molecule has 2 nitrogen and oxygen atoms in total. The Kier molecular flexibility index (Phi) is 29.2. The monoisotopic (exact) mass is 495 g/mol. The maximum atomic E-state index is 11.6. The molecule has 0 saturated heterocycles. The number of carboxylic acid groups (broad SMARTS) is 1. The van der Waals surface area contributed by atoms with Crippen molar-refractivity contribution in [2.45, 2.75) is 200 Å². The molecule has 0 aliphatic carbocycles. The van der Waals surface area contributed by atoms with Crippen molar-refractivity contribution in [3.8, 4) is 0 Å². The summed E-state index contributed by atoms with van der Waals surface area (Å²) in [4.78, 5) is 11.6. The Morgan fingerprint density at radius 2 is 0.600 bits per heavy atom. The second kappa shape index (κ2) is 29.7. The first-order valence-corrected chi connectivity index (χ1v) is 16.4. The van der Waals surface area contributed by atoms with E-state index >= 15 is 0 Å². The number of carboxylic acids is 1. The summed E-state index contributed by atoms with van der Waals surface area (Å²) in [6.45, 7) is 4.56. The van der Waals surface area contributed by atoms with Crippen LogP contribution in [-0.2, 0) is 4.79 Å². The van der Waals surface area contributed by atoms with E-state index < -0.39 is 5.97 Å². The summed E-state index contributed by atoms with van der Waals surface area (Å²) in [7, 11) is 0. The molecule has 1 N–H and O–H groups in total. The summed E-state index contributed by atoms with van der Waals surface area (Å²) in [6, 6.07) is 0. The smallest absolute Gasteiger partial charge is 0.306 e. The molecule has 0 aromatic heterocycles. The van der Waals surface area contributed by atoms with Gasteiger partial charge in [0.15, 0.2) is 0 Å². The highest BCUT2D eigenvalue weighted by Crippen LogP contribution is 2.20. The van der Waals surface area contributed by atoms with Gasteiger partial charge in [0.2, 0.25) is 0 Å². The Morgan fingerprint density at radius 3 is 0.800 bits per heavy atom. The molecule has 35 heavy (non-hydrogen) atoms. The van der Waals surface area contributed by atoms with Crippen molar-refractivity contribution in [3.05, 3.63) is 0 Å². The topological polar surface area (TPSA) is 37.3 Å². The minimum Gasteiger partial charge on any atom is -0.481 e. The van der Waals surface area contributed by atoms with Crippen LogP contribution in [0.2, 0.25) is 0 Å². The van der Waals surface area contributed by atoms with Crippen molar-refractivity contribution in [2.75, 3.05) is 0 Å². The number of carbonyl (C=O) groups is 1. The molecule has 0 amide bonds. The lowest BCUT2D eigenvalue weighted by atomic mass is 9.94. The van der Waals surface area contributed by atoms with Gasteiger partial charge in [0.25, 0.3) is 0 Å². The van der Waals surface area contributed by atoms with Crippen molar-refractivity contribution in [3.63, 3.8) is 0 Å². The highest BCUT2D eigenvalue weighted by molar-refractivity contribution is 5.69. The molecular weight excluding hydrogens is 428 g/mol. The molecule has 210 valence electrons. The second-order valence-corrected chi connectivity index (χ2v) is 11.5. The van der Waals surface area contributed by atoms with Crippen molar-refractivity contribution in [2.24, 2.45) is 5.92 Å². The Balaban J connectivity index is 3.38. The van der Waals surface area contributed by atoms with Gasteiger partial charge in [-0.05, 0) is 12.8 Å². The third-order valence-corrected chi connectivity index (χ3v) is 7.91. The summed E-state index contributed by atoms with van der Waals surface area (Å²) < 4.78 is 0. The van der Waals surface area contributed by atoms with Gasteiger partial charge in [-0.25, -0.2) is 0 Å². The maximum absolute atomic E-state index is 11.6. The van der Waals surface area contributed by atoms with Gasteiger partial charge < -0.3 is 5.11 Å². The van der Waals surface area contributed by atoms with Crippen LogP contribution in [0.1, 0.15) is 200 Å². The van der Waals surface area contributed by atoms with Gasteiger partial charge in [0.1, 0.15) is 0 Å². The first-order chi connectivity index (χ1) is 17.2. The third kappa shape index (κ3) is 27.9. The minimum absolute atomic E-state index is 0.0970. The normalized spacial score (nSPS) is 12.3. The van der Waals surface area contributed by atoms with Crippen LogP contribution >= 0.6 is 0 Å². The number of hydrogen-bond acceptors (Lipinski definition) is 1. The van der Waals surface area contributed by atoms with E-state index in [1.54, 1.807) is 0 Å². The molecular formula is C33H66O2. The number of rotatable bonds is 30. The van der Waals surface area contributed by atoms with Gasteiger partial charge in [-0.15, -0.1) is 0 Å². The van der Waals surface area contributed by atoms with Crippen LogP contribution < -0.4 is 0 Å². The fourth-order valence-corrected chi connectivity index (χ4v) is 5.39. The number of aliphatic carboxylic acids is 1. The van der Waals surface area contributed by atoms with E-state index in [2.05, 4.69) is 13.8 Å². The minimum atomic E-state index is -0.557. The van der Waals surface area contributed by atoms with Crippen molar-refractivity contribution in [1.29, 1.82) is 0 Å². The first-order valence-electron chi connectivity index (χ1n) is 16.4. The Hall–Kier alpha value is -0.530. The first kappa shape index (κ1) is 34.5. The largest absolute Gasteiger partial charge is 0.481 e. The van der Waals surface area contributed by atoms with Gasteiger partial charge in [0, 0.05) is 0 Å². The average Bonchev–Trinajstić information content (AvgIpc) is 2.85. The summed E-state index contributed by atoms with van der Waals surface area (Å²) in [5.41, 5.74) is 0. The summed E-state index contributed by atoms with van der Waals surface area (Å²) >= 11 is 0. The zero-order valence-electron chi connectivity index (χ0n) is 24.4. The molecule has 0 rings (SSSR count). The van der Waals surface area contributed by atoms with E-state index in [0.29, 0.717) is 0 Å². The van der Waals surface area contributed by atoms with Gasteiger partial charge in [-0.3, -0.25) is 4.79 Å². The highest BCUT2D eigenvalue weighted by Gasteiger charge is 2.16. The molecule has 0 aliphatic rings. The van der Waals surface area contributed by atoms with E-state index in [9.17, 15) is 9.90 Å². The molecule has 1 unspecified atom stereocenters. The van der Waals surface area contributed by atoms with Crippen LogP contribution in [0.3, 0.4) is 0 Å². The van der Waals surface area contributed by atoms with E-state index in [1.165, 1.54) is 161 Å². The van der Waals surface area contributed by atoms with Gasteiger partial charge >= 0.3 is 5.97 Å². The fraction of sp³-hybridized carbons (Fsp3) is 0.970. The molecule has 0 heterocycles. The number of unbranched alkanes of at least 4 members (excludes halogenated alkanes) is 25. The van der Waals surface area contributed by atoms with Crippen LogP contribution in [0.5, 0.6) is 0 Å². The average molecular weight is 495 g/mol. The van der Waals surface area contributed by atoms with Crippen LogP contribution in [0.25, 0.3) is 0 Å². The highest BCUT2D eigenvalue weighted by atomic mass is 16.4. The van der Waals surface area contributed by atoms with Gasteiger partial charge in [-0.1, -0.05) is 187 Å². The van der Waals surface area contributed by atoms with Crippen molar-refractivity contribution in [1.82, 2.24) is 0 Å². The Bertz CT molecular complexity index is 406. The molecule has 0 aliphatic heterocycles. The lowest BCUT2D eigenvalue weighted by Crippen LogP contribution is -2.13. The van der Waals surface area contributed by atoms with Gasteiger partial charge in [-0.2, -0.15) is 0 Å². The molecule has 0 aromatic rings. The Morgan fingerprint density at radius 1 is 0.400 bits per heavy atom. The fourth-order valence-electron chi connectivity index (χ4n) is 5.39. The standard InChI is InChI=1S/C33H66O2/c1-3-5-7-9-11-13-15-16-17-18-19-21-23-25-27-29-31-32(33(34)35)30-28-26-24-22-20-14-12-10-8-6-4-2/h32H,3-31H2,1-2H3,(H,34,35). The molecule has 0 spiro atoms. The molecule has 0 bridgehead atoms. The molecule has 2 heteroatoms. The predicted molar refractivity (Wildman–Crippen MR) is 156 cm³/mol. The van der Waals surface area contributed by atoms with Crippen LogP contribution in [-0.4, -0.2) is 11.1 Å². The molecule has 0 fully saturated rings.